The topological polar surface area (TPSA) is 34.1 Å². The Labute approximate surface area is 122 Å². The molecule has 106 valence electrons. The van der Waals surface area contributed by atoms with Gasteiger partial charge in [-0.3, -0.25) is 4.98 Å². The number of nitrogens with one attached hydrogen (secondary N) is 1. The van der Waals surface area contributed by atoms with Crippen LogP contribution in [0.15, 0.2) is 54.6 Å². The molecule has 1 heterocycles. The number of methoxy groups -OCH3 is 1. The van der Waals surface area contributed by atoms with E-state index in [0.29, 0.717) is 12.3 Å². The molecule has 4 heteroatoms. The van der Waals surface area contributed by atoms with Gasteiger partial charge < -0.3 is 10.1 Å². The van der Waals surface area contributed by atoms with E-state index in [0.717, 1.165) is 22.3 Å². The lowest BCUT2D eigenvalue weighted by atomic mass is 10.2. The summed E-state index contributed by atoms with van der Waals surface area (Å²) in [5, 5.41) is 4.33. The zero-order chi connectivity index (χ0) is 14.7. The number of ether oxygens (including phenoxy) is 1. The van der Waals surface area contributed by atoms with Crippen LogP contribution in [0.2, 0.25) is 0 Å². The highest BCUT2D eigenvalue weighted by atomic mass is 19.1. The van der Waals surface area contributed by atoms with Crippen molar-refractivity contribution in [3.05, 3.63) is 66.1 Å². The van der Waals surface area contributed by atoms with Gasteiger partial charge in [-0.25, -0.2) is 4.39 Å². The lowest BCUT2D eigenvalue weighted by Crippen LogP contribution is -2.03. The Kier molecular flexibility index (Phi) is 3.69. The fraction of sp³-hybridized carbons (Fsp3) is 0.118. The third-order valence-electron chi connectivity index (χ3n) is 3.28. The third kappa shape index (κ3) is 2.94. The number of hydrogen-bond donors (Lipinski definition) is 1. The Morgan fingerprint density at radius 3 is 2.81 bits per heavy atom. The highest BCUT2D eigenvalue weighted by molar-refractivity contribution is 5.78. The number of para-hydroxylation sites is 1. The Bertz CT molecular complexity index is 774. The number of nitrogens with zero attached hydrogens (tertiary/aromatic N) is 1. The van der Waals surface area contributed by atoms with Crippen LogP contribution < -0.4 is 10.1 Å². The van der Waals surface area contributed by atoms with Gasteiger partial charge in [0.1, 0.15) is 11.6 Å². The van der Waals surface area contributed by atoms with Crippen LogP contribution in [0.25, 0.3) is 10.9 Å². The SMILES string of the molecule is COc1cc(F)ccc1NCc1ccc2ccccc2n1. The van der Waals surface area contributed by atoms with Gasteiger partial charge in [-0.05, 0) is 24.3 Å². The van der Waals surface area contributed by atoms with Crippen LogP contribution >= 0.6 is 0 Å². The van der Waals surface area contributed by atoms with Crippen LogP contribution in [0.4, 0.5) is 10.1 Å². The second-order valence-corrected chi connectivity index (χ2v) is 4.69. The van der Waals surface area contributed by atoms with Crippen molar-refractivity contribution in [2.24, 2.45) is 0 Å². The maximum Gasteiger partial charge on any atom is 0.144 e. The van der Waals surface area contributed by atoms with E-state index in [4.69, 9.17) is 4.74 Å². The van der Waals surface area contributed by atoms with Gasteiger partial charge in [0.15, 0.2) is 0 Å². The van der Waals surface area contributed by atoms with E-state index in [1.54, 1.807) is 6.07 Å². The molecule has 1 N–H and O–H groups in total. The number of fused-ring (bicyclic) bond motifs is 1. The molecule has 0 spiro atoms. The number of rotatable bonds is 4. The summed E-state index contributed by atoms with van der Waals surface area (Å²) in [5.41, 5.74) is 2.62. The van der Waals surface area contributed by atoms with Crippen LogP contribution in [0.5, 0.6) is 5.75 Å². The second kappa shape index (κ2) is 5.79. The van der Waals surface area contributed by atoms with E-state index < -0.39 is 0 Å². The van der Waals surface area contributed by atoms with Gasteiger partial charge in [-0.15, -0.1) is 0 Å². The van der Waals surface area contributed by atoms with Gasteiger partial charge in [0, 0.05) is 11.5 Å². The molecule has 0 saturated heterocycles. The van der Waals surface area contributed by atoms with Crippen LogP contribution in [0.3, 0.4) is 0 Å². The summed E-state index contributed by atoms with van der Waals surface area (Å²) in [4.78, 5) is 4.59. The molecule has 0 aliphatic rings. The van der Waals surface area contributed by atoms with Crippen LogP contribution in [0, 0.1) is 5.82 Å². The molecule has 3 rings (SSSR count). The van der Waals surface area contributed by atoms with E-state index in [-0.39, 0.29) is 5.82 Å². The number of halogens is 1. The first-order chi connectivity index (χ1) is 10.3. The molecular formula is C17H15FN2O. The second-order valence-electron chi connectivity index (χ2n) is 4.69. The third-order valence-corrected chi connectivity index (χ3v) is 3.28. The highest BCUT2D eigenvalue weighted by Crippen LogP contribution is 2.25. The Morgan fingerprint density at radius 1 is 1.10 bits per heavy atom. The average Bonchev–Trinajstić information content (AvgIpc) is 2.53. The number of aromatic nitrogens is 1. The molecule has 0 amide bonds. The smallest absolute Gasteiger partial charge is 0.144 e. The lowest BCUT2D eigenvalue weighted by molar-refractivity contribution is 0.413. The summed E-state index contributed by atoms with van der Waals surface area (Å²) in [5.74, 6) is 0.164. The maximum absolute atomic E-state index is 13.2. The molecule has 0 fully saturated rings. The molecule has 0 radical (unpaired) electrons. The van der Waals surface area contributed by atoms with Crippen molar-refractivity contribution >= 4 is 16.6 Å². The van der Waals surface area contributed by atoms with E-state index in [1.165, 1.54) is 19.2 Å². The van der Waals surface area contributed by atoms with Gasteiger partial charge in [-0.2, -0.15) is 0 Å². The highest BCUT2D eigenvalue weighted by Gasteiger charge is 2.05. The van der Waals surface area contributed by atoms with Crippen molar-refractivity contribution in [2.75, 3.05) is 12.4 Å². The van der Waals surface area contributed by atoms with E-state index >= 15 is 0 Å². The maximum atomic E-state index is 13.2. The summed E-state index contributed by atoms with van der Waals surface area (Å²) in [7, 11) is 1.52. The van der Waals surface area contributed by atoms with E-state index in [2.05, 4.69) is 10.3 Å². The van der Waals surface area contributed by atoms with Crippen molar-refractivity contribution in [3.63, 3.8) is 0 Å². The number of pyridine rings is 1. The van der Waals surface area contributed by atoms with Crippen molar-refractivity contribution < 1.29 is 9.13 Å². The average molecular weight is 282 g/mol. The minimum atomic E-state index is -0.318. The van der Waals surface area contributed by atoms with Crippen LogP contribution in [-0.4, -0.2) is 12.1 Å². The molecule has 0 atom stereocenters. The molecular weight excluding hydrogens is 267 g/mol. The zero-order valence-electron chi connectivity index (χ0n) is 11.6. The van der Waals surface area contributed by atoms with Crippen molar-refractivity contribution in [1.82, 2.24) is 4.98 Å². The van der Waals surface area contributed by atoms with Crippen LogP contribution in [0.1, 0.15) is 5.69 Å². The van der Waals surface area contributed by atoms with Gasteiger partial charge >= 0.3 is 0 Å². The van der Waals surface area contributed by atoms with Crippen molar-refractivity contribution in [3.8, 4) is 5.75 Å². The first-order valence-electron chi connectivity index (χ1n) is 6.68. The quantitative estimate of drug-likeness (QED) is 0.785. The Balaban J connectivity index is 1.80. The van der Waals surface area contributed by atoms with Crippen molar-refractivity contribution in [2.45, 2.75) is 6.54 Å². The summed E-state index contributed by atoms with van der Waals surface area (Å²) in [6.07, 6.45) is 0. The molecule has 2 aromatic carbocycles. The predicted molar refractivity (Wildman–Crippen MR) is 82.0 cm³/mol. The standard InChI is InChI=1S/C17H15FN2O/c1-21-17-10-13(18)7-9-16(17)19-11-14-8-6-12-4-2-3-5-15(12)20-14/h2-10,19H,11H2,1H3. The van der Waals surface area contributed by atoms with Crippen LogP contribution in [-0.2, 0) is 6.54 Å². The summed E-state index contributed by atoms with van der Waals surface area (Å²) < 4.78 is 18.3. The van der Waals surface area contributed by atoms with Gasteiger partial charge in [-0.1, -0.05) is 24.3 Å². The molecule has 0 bridgehead atoms. The van der Waals surface area contributed by atoms with Crippen molar-refractivity contribution in [1.29, 1.82) is 0 Å². The number of anilines is 1. The summed E-state index contributed by atoms with van der Waals surface area (Å²) >= 11 is 0. The van der Waals surface area contributed by atoms with E-state index in [1.807, 2.05) is 36.4 Å². The summed E-state index contributed by atoms with van der Waals surface area (Å²) in [6, 6.07) is 16.4. The van der Waals surface area contributed by atoms with Gasteiger partial charge in [0.05, 0.1) is 30.6 Å². The van der Waals surface area contributed by atoms with Gasteiger partial charge in [0.2, 0.25) is 0 Å². The largest absolute Gasteiger partial charge is 0.494 e. The molecule has 3 nitrogen and oxygen atoms in total. The Hall–Kier alpha value is -2.62. The molecule has 0 aliphatic heterocycles. The monoisotopic (exact) mass is 282 g/mol. The lowest BCUT2D eigenvalue weighted by Gasteiger charge is -2.11. The fourth-order valence-electron chi connectivity index (χ4n) is 2.20. The molecule has 0 aliphatic carbocycles. The van der Waals surface area contributed by atoms with E-state index in [9.17, 15) is 4.39 Å². The first kappa shape index (κ1) is 13.4. The van der Waals surface area contributed by atoms with Gasteiger partial charge in [0.25, 0.3) is 0 Å². The Morgan fingerprint density at radius 2 is 1.95 bits per heavy atom. The normalized spacial score (nSPS) is 10.6. The molecule has 3 aromatic rings. The minimum Gasteiger partial charge on any atom is -0.494 e. The summed E-state index contributed by atoms with van der Waals surface area (Å²) in [6.45, 7) is 0.548. The first-order valence-corrected chi connectivity index (χ1v) is 6.68. The molecule has 0 saturated carbocycles. The number of benzene rings is 2. The fourth-order valence-corrected chi connectivity index (χ4v) is 2.20. The molecule has 0 unspecified atom stereocenters. The zero-order valence-corrected chi connectivity index (χ0v) is 11.6. The molecule has 1 aromatic heterocycles. The minimum absolute atomic E-state index is 0.318. The predicted octanol–water partition coefficient (Wildman–Crippen LogP) is 3.99. The number of hydrogen-bond acceptors (Lipinski definition) is 3. The molecule has 21 heavy (non-hydrogen) atoms.